The summed E-state index contributed by atoms with van der Waals surface area (Å²) in [6.45, 7) is 0.111. The van der Waals surface area contributed by atoms with E-state index < -0.39 is 0 Å². The van der Waals surface area contributed by atoms with Crippen LogP contribution in [-0.2, 0) is 20.9 Å². The van der Waals surface area contributed by atoms with E-state index in [-0.39, 0.29) is 18.4 Å². The summed E-state index contributed by atoms with van der Waals surface area (Å²) in [5.41, 5.74) is 2.54. The third-order valence-corrected chi connectivity index (χ3v) is 5.18. The molecule has 1 aromatic heterocycles. The molecule has 0 unspecified atom stereocenters. The zero-order valence-corrected chi connectivity index (χ0v) is 15.9. The van der Waals surface area contributed by atoms with Crippen LogP contribution < -0.4 is 5.32 Å². The van der Waals surface area contributed by atoms with Crippen LogP contribution in [0.1, 0.15) is 5.56 Å². The van der Waals surface area contributed by atoms with Crippen molar-refractivity contribution in [2.45, 2.75) is 6.54 Å². The predicted octanol–water partition coefficient (Wildman–Crippen LogP) is 3.71. The van der Waals surface area contributed by atoms with Crippen LogP contribution in [0.15, 0.2) is 70.7 Å². The van der Waals surface area contributed by atoms with Crippen LogP contribution >= 0.6 is 11.8 Å². The first-order valence-corrected chi connectivity index (χ1v) is 9.45. The Hall–Kier alpha value is -3.32. The summed E-state index contributed by atoms with van der Waals surface area (Å²) in [4.78, 5) is 29.1. The van der Waals surface area contributed by atoms with Gasteiger partial charge in [0.1, 0.15) is 6.54 Å². The number of hydrogen-bond donors (Lipinski definition) is 1. The number of aromatic nitrogens is 1. The third-order valence-electron chi connectivity index (χ3n) is 4.27. The van der Waals surface area contributed by atoms with Gasteiger partial charge in [0.25, 0.3) is 5.91 Å². The summed E-state index contributed by atoms with van der Waals surface area (Å²) in [6, 6.07) is 17.2. The molecule has 4 rings (SSSR count). The van der Waals surface area contributed by atoms with Gasteiger partial charge < -0.3 is 14.6 Å². The summed E-state index contributed by atoms with van der Waals surface area (Å²) in [7, 11) is 1.37. The van der Waals surface area contributed by atoms with Crippen LogP contribution in [0.4, 0.5) is 5.69 Å². The van der Waals surface area contributed by atoms with E-state index >= 15 is 0 Å². The van der Waals surface area contributed by atoms with E-state index in [4.69, 9.17) is 4.74 Å². The van der Waals surface area contributed by atoms with Crippen LogP contribution in [0.5, 0.6) is 0 Å². The van der Waals surface area contributed by atoms with E-state index in [0.717, 1.165) is 22.2 Å². The number of fused-ring (bicyclic) bond motifs is 1. The number of amidine groups is 1. The quantitative estimate of drug-likeness (QED) is 0.544. The van der Waals surface area contributed by atoms with E-state index in [0.29, 0.717) is 10.1 Å². The number of nitrogens with zero attached hydrogens (tertiary/aromatic N) is 2. The van der Waals surface area contributed by atoms with Crippen molar-refractivity contribution in [3.63, 3.8) is 0 Å². The molecule has 2 heterocycles. The zero-order valence-electron chi connectivity index (χ0n) is 15.1. The molecule has 28 heavy (non-hydrogen) atoms. The van der Waals surface area contributed by atoms with Gasteiger partial charge in [-0.05, 0) is 36.0 Å². The number of amides is 1. The van der Waals surface area contributed by atoms with E-state index in [2.05, 4.69) is 10.3 Å². The van der Waals surface area contributed by atoms with Gasteiger partial charge in [-0.15, -0.1) is 0 Å². The lowest BCUT2D eigenvalue weighted by Gasteiger charge is -2.02. The first-order chi connectivity index (χ1) is 13.6. The maximum absolute atomic E-state index is 12.4. The zero-order chi connectivity index (χ0) is 19.5. The van der Waals surface area contributed by atoms with Crippen molar-refractivity contribution < 1.29 is 14.3 Å². The minimum absolute atomic E-state index is 0.111. The molecule has 1 amide bonds. The molecule has 1 saturated heterocycles. The average molecular weight is 391 g/mol. The normalized spacial score (nSPS) is 16.7. The molecule has 140 valence electrons. The average Bonchev–Trinajstić information content (AvgIpc) is 3.23. The molecule has 7 heteroatoms. The summed E-state index contributed by atoms with van der Waals surface area (Å²) < 4.78 is 6.60. The van der Waals surface area contributed by atoms with Crippen LogP contribution in [-0.4, -0.2) is 28.7 Å². The van der Waals surface area contributed by atoms with E-state index in [1.807, 2.05) is 71.4 Å². The maximum Gasteiger partial charge on any atom is 0.325 e. The number of para-hydroxylation sites is 2. The molecule has 0 aliphatic carbocycles. The molecule has 2 aromatic carbocycles. The Morgan fingerprint density at radius 1 is 1.18 bits per heavy atom. The number of methoxy groups -OCH3 is 1. The van der Waals surface area contributed by atoms with E-state index in [9.17, 15) is 9.59 Å². The number of ether oxygens (including phenoxy) is 1. The molecule has 6 nitrogen and oxygen atoms in total. The van der Waals surface area contributed by atoms with Gasteiger partial charge in [0.05, 0.1) is 17.7 Å². The van der Waals surface area contributed by atoms with Crippen molar-refractivity contribution >= 4 is 51.5 Å². The van der Waals surface area contributed by atoms with Crippen molar-refractivity contribution in [2.24, 2.45) is 4.99 Å². The molecule has 0 atom stereocenters. The van der Waals surface area contributed by atoms with Gasteiger partial charge in [0.2, 0.25) is 0 Å². The monoisotopic (exact) mass is 391 g/mol. The number of thioether (sulfide) groups is 1. The smallest absolute Gasteiger partial charge is 0.325 e. The van der Waals surface area contributed by atoms with Crippen LogP contribution in [0.3, 0.4) is 0 Å². The first-order valence-electron chi connectivity index (χ1n) is 8.63. The van der Waals surface area contributed by atoms with Crippen molar-refractivity contribution in [1.82, 2.24) is 9.88 Å². The summed E-state index contributed by atoms with van der Waals surface area (Å²) in [5, 5.41) is 4.30. The Kier molecular flexibility index (Phi) is 4.99. The van der Waals surface area contributed by atoms with Gasteiger partial charge in [0.15, 0.2) is 5.17 Å². The number of carbonyl (C=O) groups is 2. The molecule has 0 radical (unpaired) electrons. The fourth-order valence-corrected chi connectivity index (χ4v) is 3.80. The fourth-order valence-electron chi connectivity index (χ4n) is 2.97. The molecule has 0 spiro atoms. The minimum atomic E-state index is -0.328. The Labute approximate surface area is 165 Å². The Balaban J connectivity index is 1.67. The Morgan fingerprint density at radius 2 is 1.93 bits per heavy atom. The largest absolute Gasteiger partial charge is 0.468 e. The summed E-state index contributed by atoms with van der Waals surface area (Å²) in [5.74, 6) is -0.519. The second-order valence-corrected chi connectivity index (χ2v) is 7.15. The first kappa shape index (κ1) is 18.1. The topological polar surface area (TPSA) is 72.7 Å². The van der Waals surface area contributed by atoms with Gasteiger partial charge in [-0.2, -0.15) is 0 Å². The van der Waals surface area contributed by atoms with E-state index in [1.54, 1.807) is 0 Å². The molecule has 0 bridgehead atoms. The molecule has 0 saturated carbocycles. The van der Waals surface area contributed by atoms with Gasteiger partial charge in [0, 0.05) is 22.7 Å². The van der Waals surface area contributed by atoms with Crippen molar-refractivity contribution in [1.29, 1.82) is 0 Å². The number of esters is 1. The van der Waals surface area contributed by atoms with Crippen LogP contribution in [0.2, 0.25) is 0 Å². The molecule has 1 aliphatic heterocycles. The number of hydrogen-bond acceptors (Lipinski definition) is 5. The third kappa shape index (κ3) is 3.70. The van der Waals surface area contributed by atoms with Crippen molar-refractivity contribution in [3.05, 3.63) is 71.3 Å². The lowest BCUT2D eigenvalue weighted by molar-refractivity contribution is -0.141. The summed E-state index contributed by atoms with van der Waals surface area (Å²) >= 11 is 1.29. The Bertz CT molecular complexity index is 1120. The lowest BCUT2D eigenvalue weighted by atomic mass is 10.1. The highest BCUT2D eigenvalue weighted by Gasteiger charge is 2.24. The molecule has 3 aromatic rings. The highest BCUT2D eigenvalue weighted by molar-refractivity contribution is 8.18. The molecule has 1 aliphatic rings. The predicted molar refractivity (Wildman–Crippen MR) is 111 cm³/mol. The number of aliphatic imine (C=N–C) groups is 1. The van der Waals surface area contributed by atoms with Crippen molar-refractivity contribution in [3.8, 4) is 0 Å². The highest BCUT2D eigenvalue weighted by Crippen LogP contribution is 2.31. The Morgan fingerprint density at radius 3 is 2.71 bits per heavy atom. The second kappa shape index (κ2) is 7.74. The van der Waals surface area contributed by atoms with Gasteiger partial charge in [-0.1, -0.05) is 36.4 Å². The minimum Gasteiger partial charge on any atom is -0.468 e. The molecule has 1 fully saturated rings. The summed E-state index contributed by atoms with van der Waals surface area (Å²) in [6.07, 6.45) is 3.68. The van der Waals surface area contributed by atoms with E-state index in [1.165, 1.54) is 18.9 Å². The van der Waals surface area contributed by atoms with Crippen LogP contribution in [0, 0.1) is 0 Å². The number of benzene rings is 2. The van der Waals surface area contributed by atoms with Crippen molar-refractivity contribution in [2.75, 3.05) is 7.11 Å². The fraction of sp³-hybridized carbons (Fsp3) is 0.0952. The van der Waals surface area contributed by atoms with Gasteiger partial charge >= 0.3 is 5.97 Å². The SMILES string of the molecule is COC(=O)Cn1cc(/C=C2/SC(=Nc3ccccc3)NC2=O)c2ccccc21. The number of nitrogens with one attached hydrogen (secondary N) is 1. The molecular formula is C21H17N3O3S. The highest BCUT2D eigenvalue weighted by atomic mass is 32.2. The molecule has 1 N–H and O–H groups in total. The maximum atomic E-state index is 12.4. The number of rotatable bonds is 4. The van der Waals surface area contributed by atoms with Gasteiger partial charge in [-0.25, -0.2) is 4.99 Å². The standard InChI is InChI=1S/C21H17N3O3S/c1-27-19(25)13-24-12-14(16-9-5-6-10-17(16)24)11-18-20(26)23-21(28-18)22-15-7-3-2-4-8-15/h2-12H,13H2,1H3,(H,22,23,26)/b18-11+. The molecular weight excluding hydrogens is 374 g/mol. The number of carbonyl (C=O) groups excluding carboxylic acids is 2. The van der Waals surface area contributed by atoms with Crippen LogP contribution in [0.25, 0.3) is 17.0 Å². The van der Waals surface area contributed by atoms with Gasteiger partial charge in [-0.3, -0.25) is 9.59 Å². The lowest BCUT2D eigenvalue weighted by Crippen LogP contribution is -2.19. The second-order valence-electron chi connectivity index (χ2n) is 6.12.